The van der Waals surface area contributed by atoms with Gasteiger partial charge in [-0.3, -0.25) is 4.90 Å². The van der Waals surface area contributed by atoms with Gasteiger partial charge in [-0.05, 0) is 17.7 Å². The molecule has 102 valence electrons. The van der Waals surface area contributed by atoms with Crippen LogP contribution in [0, 0.1) is 0 Å². The normalized spacial score (nSPS) is 18.2. The van der Waals surface area contributed by atoms with E-state index in [1.54, 1.807) is 0 Å². The van der Waals surface area contributed by atoms with Crippen LogP contribution in [0.2, 0.25) is 5.02 Å². The van der Waals surface area contributed by atoms with Crippen LogP contribution in [0.25, 0.3) is 0 Å². The van der Waals surface area contributed by atoms with Crippen LogP contribution in [0.1, 0.15) is 11.6 Å². The van der Waals surface area contributed by atoms with Gasteiger partial charge in [-0.25, -0.2) is 4.39 Å². The Morgan fingerprint density at radius 3 is 2.61 bits per heavy atom. The van der Waals surface area contributed by atoms with Gasteiger partial charge in [0.05, 0.1) is 6.04 Å². The number of halogens is 4. The number of rotatable bonds is 3. The number of piperazine rings is 1. The van der Waals surface area contributed by atoms with E-state index in [9.17, 15) is 4.39 Å². The second kappa shape index (κ2) is 7.65. The summed E-state index contributed by atoms with van der Waals surface area (Å²) in [4.78, 5) is 2.17. The van der Waals surface area contributed by atoms with Crippen molar-refractivity contribution in [2.24, 2.45) is 0 Å². The molecule has 2 nitrogen and oxygen atoms in total. The Labute approximate surface area is 126 Å². The van der Waals surface area contributed by atoms with E-state index in [1.807, 2.05) is 18.2 Å². The second-order valence-corrected chi connectivity index (χ2v) is 5.41. The fourth-order valence-electron chi connectivity index (χ4n) is 2.14. The highest BCUT2D eigenvalue weighted by Crippen LogP contribution is 2.30. The molecule has 0 bridgehead atoms. The summed E-state index contributed by atoms with van der Waals surface area (Å²) in [5, 5.41) is 3.94. The number of nitrogens with zero attached hydrogens (tertiary/aromatic N) is 1. The molecule has 18 heavy (non-hydrogen) atoms. The fraction of sp³-hybridized carbons (Fsp3) is 0.500. The average Bonchev–Trinajstić information content (AvgIpc) is 2.34. The van der Waals surface area contributed by atoms with Gasteiger partial charge in [0.1, 0.15) is 6.67 Å². The zero-order valence-corrected chi connectivity index (χ0v) is 13.0. The lowest BCUT2D eigenvalue weighted by atomic mass is 10.1. The second-order valence-electron chi connectivity index (χ2n) is 4.12. The molecule has 1 atom stereocenters. The molecule has 1 saturated heterocycles. The first-order chi connectivity index (χ1) is 8.22. The Bertz CT molecular complexity index is 386. The number of benzene rings is 1. The van der Waals surface area contributed by atoms with Crippen LogP contribution in [0.15, 0.2) is 22.7 Å². The summed E-state index contributed by atoms with van der Waals surface area (Å²) in [6.07, 6.45) is 0. The molecule has 1 N–H and O–H groups in total. The first-order valence-corrected chi connectivity index (χ1v) is 6.85. The maximum absolute atomic E-state index is 13.3. The van der Waals surface area contributed by atoms with Crippen LogP contribution in [0.5, 0.6) is 0 Å². The van der Waals surface area contributed by atoms with Crippen molar-refractivity contribution in [3.8, 4) is 0 Å². The van der Waals surface area contributed by atoms with E-state index in [2.05, 4.69) is 26.1 Å². The smallest absolute Gasteiger partial charge is 0.109 e. The molecule has 0 aliphatic carbocycles. The van der Waals surface area contributed by atoms with Gasteiger partial charge in [0.2, 0.25) is 0 Å². The van der Waals surface area contributed by atoms with Crippen LogP contribution in [0.4, 0.5) is 4.39 Å². The average molecular weight is 358 g/mol. The molecule has 2 rings (SSSR count). The van der Waals surface area contributed by atoms with Gasteiger partial charge in [-0.1, -0.05) is 33.6 Å². The molecule has 1 aliphatic heterocycles. The molecule has 0 saturated carbocycles. The van der Waals surface area contributed by atoms with E-state index in [4.69, 9.17) is 11.6 Å². The molecule has 1 fully saturated rings. The minimum Gasteiger partial charge on any atom is -0.314 e. The molecule has 0 unspecified atom stereocenters. The topological polar surface area (TPSA) is 15.3 Å². The Balaban J connectivity index is 0.00000162. The van der Waals surface area contributed by atoms with Crippen LogP contribution < -0.4 is 5.32 Å². The molecular weight excluding hydrogens is 342 g/mol. The molecule has 1 aromatic carbocycles. The van der Waals surface area contributed by atoms with Gasteiger partial charge in [-0.2, -0.15) is 0 Å². The molecule has 0 amide bonds. The van der Waals surface area contributed by atoms with Crippen molar-refractivity contribution in [2.45, 2.75) is 6.04 Å². The van der Waals surface area contributed by atoms with Crippen molar-refractivity contribution in [2.75, 3.05) is 32.9 Å². The van der Waals surface area contributed by atoms with E-state index in [0.29, 0.717) is 5.02 Å². The van der Waals surface area contributed by atoms with Crippen LogP contribution in [0.3, 0.4) is 0 Å². The molecule has 0 spiro atoms. The lowest BCUT2D eigenvalue weighted by molar-refractivity contribution is 0.147. The zero-order chi connectivity index (χ0) is 12.3. The number of hydrogen-bond donors (Lipinski definition) is 1. The minimum absolute atomic E-state index is 0. The number of nitrogens with one attached hydrogen (secondary N) is 1. The van der Waals surface area contributed by atoms with E-state index in [1.165, 1.54) is 0 Å². The maximum Gasteiger partial charge on any atom is 0.109 e. The van der Waals surface area contributed by atoms with Gasteiger partial charge in [-0.15, -0.1) is 12.4 Å². The van der Waals surface area contributed by atoms with E-state index in [-0.39, 0.29) is 25.1 Å². The SMILES string of the molecule is Cl.FC[C@@H](c1ccc(Cl)cc1Br)N1CCNCC1. The quantitative estimate of drug-likeness (QED) is 0.891. The summed E-state index contributed by atoms with van der Waals surface area (Å²) in [5.74, 6) is 0. The highest BCUT2D eigenvalue weighted by Gasteiger charge is 2.23. The lowest BCUT2D eigenvalue weighted by Gasteiger charge is -2.34. The van der Waals surface area contributed by atoms with Crippen LogP contribution >= 0.6 is 39.9 Å². The highest BCUT2D eigenvalue weighted by molar-refractivity contribution is 9.10. The molecule has 1 heterocycles. The molecule has 0 radical (unpaired) electrons. The summed E-state index contributed by atoms with van der Waals surface area (Å²) in [5.41, 5.74) is 0.971. The van der Waals surface area contributed by atoms with Crippen LogP contribution in [-0.2, 0) is 0 Å². The van der Waals surface area contributed by atoms with E-state index < -0.39 is 0 Å². The van der Waals surface area contributed by atoms with Gasteiger partial charge in [0.25, 0.3) is 0 Å². The van der Waals surface area contributed by atoms with Crippen LogP contribution in [-0.4, -0.2) is 37.8 Å². The fourth-order valence-corrected chi connectivity index (χ4v) is 3.09. The van der Waals surface area contributed by atoms with Crippen molar-refractivity contribution in [3.63, 3.8) is 0 Å². The van der Waals surface area contributed by atoms with Gasteiger partial charge >= 0.3 is 0 Å². The third-order valence-electron chi connectivity index (χ3n) is 3.06. The number of hydrogen-bond acceptors (Lipinski definition) is 2. The van der Waals surface area contributed by atoms with Gasteiger partial charge in [0, 0.05) is 35.7 Å². The van der Waals surface area contributed by atoms with Crippen molar-refractivity contribution < 1.29 is 4.39 Å². The Hall–Kier alpha value is 0.130. The summed E-state index contributed by atoms with van der Waals surface area (Å²) >= 11 is 9.37. The molecule has 0 aromatic heterocycles. The molecule has 1 aromatic rings. The summed E-state index contributed by atoms with van der Waals surface area (Å²) in [7, 11) is 0. The van der Waals surface area contributed by atoms with Crippen molar-refractivity contribution in [1.29, 1.82) is 0 Å². The molecule has 6 heteroatoms. The monoisotopic (exact) mass is 356 g/mol. The largest absolute Gasteiger partial charge is 0.314 e. The highest BCUT2D eigenvalue weighted by atomic mass is 79.9. The van der Waals surface area contributed by atoms with E-state index in [0.717, 1.165) is 36.2 Å². The Morgan fingerprint density at radius 2 is 2.06 bits per heavy atom. The summed E-state index contributed by atoms with van der Waals surface area (Å²) < 4.78 is 14.2. The number of alkyl halides is 1. The lowest BCUT2D eigenvalue weighted by Crippen LogP contribution is -2.45. The zero-order valence-electron chi connectivity index (χ0n) is 9.83. The van der Waals surface area contributed by atoms with Crippen molar-refractivity contribution in [1.82, 2.24) is 10.2 Å². The summed E-state index contributed by atoms with van der Waals surface area (Å²) in [6.45, 7) is 3.22. The summed E-state index contributed by atoms with van der Waals surface area (Å²) in [6, 6.07) is 5.36. The minimum atomic E-state index is -0.375. The molecular formula is C12H16BrCl2FN2. The predicted molar refractivity (Wildman–Crippen MR) is 79.6 cm³/mol. The maximum atomic E-state index is 13.3. The third-order valence-corrected chi connectivity index (χ3v) is 3.98. The van der Waals surface area contributed by atoms with E-state index >= 15 is 0 Å². The predicted octanol–water partition coefficient (Wildman–Crippen LogP) is 3.44. The van der Waals surface area contributed by atoms with Gasteiger partial charge in [0.15, 0.2) is 0 Å². The van der Waals surface area contributed by atoms with Crippen molar-refractivity contribution in [3.05, 3.63) is 33.3 Å². The third kappa shape index (κ3) is 3.81. The molecule has 1 aliphatic rings. The Morgan fingerprint density at radius 1 is 1.39 bits per heavy atom. The van der Waals surface area contributed by atoms with Gasteiger partial charge < -0.3 is 5.32 Å². The van der Waals surface area contributed by atoms with Crippen molar-refractivity contribution >= 4 is 39.9 Å². The standard InChI is InChI=1S/C12H15BrClFN2.ClH/c13-11-7-9(14)1-2-10(11)12(8-15)17-5-3-16-4-6-17;/h1-2,7,12,16H,3-6,8H2;1H/t12-;/m0./s1. The Kier molecular flexibility index (Phi) is 6.88. The first-order valence-electron chi connectivity index (χ1n) is 5.68. The first kappa shape index (κ1) is 16.2.